The minimum absolute atomic E-state index is 0.582. The van der Waals surface area contributed by atoms with Gasteiger partial charge in [-0.1, -0.05) is 30.3 Å². The Balaban J connectivity index is 2.29. The molecule has 1 aromatic heterocycles. The highest BCUT2D eigenvalue weighted by Gasteiger charge is 2.11. The molecule has 2 aromatic rings. The second-order valence-corrected chi connectivity index (χ2v) is 3.61. The molecule has 0 amide bonds. The Bertz CT molecular complexity index is 358. The zero-order chi connectivity index (χ0) is 9.10. The Morgan fingerprint density at radius 3 is 2.62 bits per heavy atom. The molecule has 0 spiro atoms. The van der Waals surface area contributed by atoms with Crippen molar-refractivity contribution in [2.24, 2.45) is 0 Å². The highest BCUT2D eigenvalue weighted by molar-refractivity contribution is 7.09. The van der Waals surface area contributed by atoms with Gasteiger partial charge in [-0.15, -0.1) is 11.3 Å². The largest absolute Gasteiger partial charge is 0.381 e. The van der Waals surface area contributed by atoms with Gasteiger partial charge in [0, 0.05) is 11.6 Å². The molecule has 2 rings (SSSR count). The fourth-order valence-corrected chi connectivity index (χ4v) is 1.80. The number of thiazole rings is 1. The summed E-state index contributed by atoms with van der Waals surface area (Å²) in [5.41, 5.74) is 0.887. The zero-order valence-electron chi connectivity index (χ0n) is 6.92. The molecule has 2 nitrogen and oxygen atoms in total. The summed E-state index contributed by atoms with van der Waals surface area (Å²) in [6, 6.07) is 9.54. The second kappa shape index (κ2) is 3.68. The Kier molecular flexibility index (Phi) is 2.38. The topological polar surface area (TPSA) is 33.1 Å². The first-order valence-electron chi connectivity index (χ1n) is 4.00. The molecule has 0 bridgehead atoms. The lowest BCUT2D eigenvalue weighted by molar-refractivity contribution is 0.220. The number of rotatable bonds is 2. The molecule has 1 unspecified atom stereocenters. The van der Waals surface area contributed by atoms with Crippen molar-refractivity contribution in [1.29, 1.82) is 0 Å². The van der Waals surface area contributed by atoms with Crippen LogP contribution in [0.2, 0.25) is 0 Å². The van der Waals surface area contributed by atoms with Gasteiger partial charge in [0.1, 0.15) is 11.1 Å². The lowest BCUT2D eigenvalue weighted by Gasteiger charge is -2.06. The lowest BCUT2D eigenvalue weighted by Crippen LogP contribution is -1.97. The smallest absolute Gasteiger partial charge is 0.131 e. The Labute approximate surface area is 80.5 Å². The first-order chi connectivity index (χ1) is 6.38. The van der Waals surface area contributed by atoms with Crippen LogP contribution in [-0.4, -0.2) is 10.1 Å². The van der Waals surface area contributed by atoms with Crippen LogP contribution in [0.1, 0.15) is 16.7 Å². The number of benzene rings is 1. The number of nitrogens with zero attached hydrogens (tertiary/aromatic N) is 1. The normalized spacial score (nSPS) is 12.7. The summed E-state index contributed by atoms with van der Waals surface area (Å²) in [5, 5.41) is 12.4. The molecule has 1 atom stereocenters. The molecule has 0 saturated heterocycles. The number of hydrogen-bond acceptors (Lipinski definition) is 3. The summed E-state index contributed by atoms with van der Waals surface area (Å²) >= 11 is 1.46. The summed E-state index contributed by atoms with van der Waals surface area (Å²) in [5.74, 6) is 0. The van der Waals surface area contributed by atoms with Crippen LogP contribution in [0.5, 0.6) is 0 Å². The van der Waals surface area contributed by atoms with Gasteiger partial charge in [-0.3, -0.25) is 0 Å². The van der Waals surface area contributed by atoms with Gasteiger partial charge >= 0.3 is 0 Å². The fourth-order valence-electron chi connectivity index (χ4n) is 1.15. The minimum Gasteiger partial charge on any atom is -0.381 e. The molecule has 66 valence electrons. The van der Waals surface area contributed by atoms with Crippen molar-refractivity contribution in [2.75, 3.05) is 0 Å². The number of aliphatic hydroxyl groups is 1. The molecular formula is C10H9NOS. The van der Waals surface area contributed by atoms with Gasteiger partial charge in [-0.25, -0.2) is 4.98 Å². The van der Waals surface area contributed by atoms with E-state index < -0.39 is 6.10 Å². The first-order valence-corrected chi connectivity index (χ1v) is 4.88. The van der Waals surface area contributed by atoms with Gasteiger partial charge < -0.3 is 5.11 Å². The second-order valence-electron chi connectivity index (χ2n) is 2.68. The van der Waals surface area contributed by atoms with Gasteiger partial charge in [0.2, 0.25) is 0 Å². The lowest BCUT2D eigenvalue weighted by atomic mass is 10.1. The van der Waals surface area contributed by atoms with E-state index in [4.69, 9.17) is 0 Å². The number of hydrogen-bond donors (Lipinski definition) is 1. The third-order valence-corrected chi connectivity index (χ3v) is 2.63. The van der Waals surface area contributed by atoms with Crippen LogP contribution < -0.4 is 0 Å². The maximum atomic E-state index is 9.83. The van der Waals surface area contributed by atoms with Crippen LogP contribution in [0.25, 0.3) is 0 Å². The van der Waals surface area contributed by atoms with Crippen LogP contribution in [0, 0.1) is 0 Å². The van der Waals surface area contributed by atoms with E-state index in [1.165, 1.54) is 11.3 Å². The third kappa shape index (κ3) is 1.76. The van der Waals surface area contributed by atoms with E-state index in [1.807, 2.05) is 35.7 Å². The standard InChI is InChI=1S/C10H9NOS/c12-9(10-11-6-7-13-10)8-4-2-1-3-5-8/h1-7,9,12H. The highest BCUT2D eigenvalue weighted by atomic mass is 32.1. The number of aromatic nitrogens is 1. The van der Waals surface area contributed by atoms with Crippen molar-refractivity contribution in [3.05, 3.63) is 52.5 Å². The van der Waals surface area contributed by atoms with Crippen molar-refractivity contribution < 1.29 is 5.11 Å². The third-order valence-electron chi connectivity index (χ3n) is 1.80. The van der Waals surface area contributed by atoms with Crippen LogP contribution in [0.3, 0.4) is 0 Å². The molecule has 3 heteroatoms. The molecule has 0 saturated carbocycles. The SMILES string of the molecule is OC(c1ccccc1)c1nccs1. The van der Waals surface area contributed by atoms with Crippen molar-refractivity contribution in [3.8, 4) is 0 Å². The van der Waals surface area contributed by atoms with E-state index in [2.05, 4.69) is 4.98 Å². The maximum absolute atomic E-state index is 9.83. The summed E-state index contributed by atoms with van der Waals surface area (Å²) in [4.78, 5) is 4.06. The highest BCUT2D eigenvalue weighted by Crippen LogP contribution is 2.22. The zero-order valence-corrected chi connectivity index (χ0v) is 7.74. The van der Waals surface area contributed by atoms with Crippen molar-refractivity contribution in [1.82, 2.24) is 4.98 Å². The van der Waals surface area contributed by atoms with Crippen molar-refractivity contribution in [3.63, 3.8) is 0 Å². The molecule has 1 heterocycles. The fraction of sp³-hybridized carbons (Fsp3) is 0.100. The van der Waals surface area contributed by atoms with Crippen molar-refractivity contribution in [2.45, 2.75) is 6.10 Å². The van der Waals surface area contributed by atoms with E-state index in [9.17, 15) is 5.11 Å². The molecule has 0 radical (unpaired) electrons. The average Bonchev–Trinajstić information content (AvgIpc) is 2.71. The summed E-state index contributed by atoms with van der Waals surface area (Å²) < 4.78 is 0. The Morgan fingerprint density at radius 1 is 1.23 bits per heavy atom. The van der Waals surface area contributed by atoms with Gasteiger partial charge in [-0.05, 0) is 5.56 Å². The quantitative estimate of drug-likeness (QED) is 0.789. The number of aliphatic hydroxyl groups excluding tert-OH is 1. The van der Waals surface area contributed by atoms with Gasteiger partial charge in [0.15, 0.2) is 0 Å². The average molecular weight is 191 g/mol. The predicted molar refractivity (Wildman–Crippen MR) is 52.6 cm³/mol. The summed E-state index contributed by atoms with van der Waals surface area (Å²) in [6.07, 6.45) is 1.12. The summed E-state index contributed by atoms with van der Waals surface area (Å²) in [7, 11) is 0. The van der Waals surface area contributed by atoms with E-state index in [0.717, 1.165) is 10.6 Å². The summed E-state index contributed by atoms with van der Waals surface area (Å²) in [6.45, 7) is 0. The van der Waals surface area contributed by atoms with E-state index in [-0.39, 0.29) is 0 Å². The Hall–Kier alpha value is -1.19. The van der Waals surface area contributed by atoms with Crippen molar-refractivity contribution >= 4 is 11.3 Å². The van der Waals surface area contributed by atoms with E-state index in [1.54, 1.807) is 6.20 Å². The Morgan fingerprint density at radius 2 is 2.00 bits per heavy atom. The first kappa shape index (κ1) is 8.41. The molecule has 0 aliphatic heterocycles. The predicted octanol–water partition coefficient (Wildman–Crippen LogP) is 2.22. The molecule has 1 aromatic carbocycles. The molecule has 0 aliphatic carbocycles. The van der Waals surface area contributed by atoms with E-state index in [0.29, 0.717) is 0 Å². The molecule has 1 N–H and O–H groups in total. The molecule has 13 heavy (non-hydrogen) atoms. The van der Waals surface area contributed by atoms with Gasteiger partial charge in [-0.2, -0.15) is 0 Å². The monoisotopic (exact) mass is 191 g/mol. The minimum atomic E-state index is -0.582. The molecule has 0 fully saturated rings. The maximum Gasteiger partial charge on any atom is 0.131 e. The van der Waals surface area contributed by atoms with Crippen LogP contribution >= 0.6 is 11.3 Å². The molecular weight excluding hydrogens is 182 g/mol. The molecule has 0 aliphatic rings. The van der Waals surface area contributed by atoms with Gasteiger partial charge in [0.25, 0.3) is 0 Å². The van der Waals surface area contributed by atoms with Crippen LogP contribution in [0.4, 0.5) is 0 Å². The van der Waals surface area contributed by atoms with E-state index >= 15 is 0 Å². The van der Waals surface area contributed by atoms with Gasteiger partial charge in [0.05, 0.1) is 0 Å². The van der Waals surface area contributed by atoms with Crippen LogP contribution in [-0.2, 0) is 0 Å². The van der Waals surface area contributed by atoms with Crippen LogP contribution in [0.15, 0.2) is 41.9 Å².